The largest absolute Gasteiger partial charge is 0.396 e. The Morgan fingerprint density at radius 3 is 3.00 bits per heavy atom. The fraction of sp³-hybridized carbons (Fsp3) is 0.200. The lowest BCUT2D eigenvalue weighted by atomic mass is 10.3. The standard InChI is InChI=1S/C10H11N7/c11-4-7-3-8(12)10(14-5-7)13-2-1-9-15-6-16-17-9/h3,5-6H,1-2,12H2,(H,13,14)(H,15,16,17). The lowest BCUT2D eigenvalue weighted by molar-refractivity contribution is 0.897. The second-order valence-corrected chi connectivity index (χ2v) is 3.38. The lowest BCUT2D eigenvalue weighted by Gasteiger charge is -2.06. The summed E-state index contributed by atoms with van der Waals surface area (Å²) in [7, 11) is 0. The molecule has 0 amide bonds. The Morgan fingerprint density at radius 2 is 2.35 bits per heavy atom. The predicted octanol–water partition coefficient (Wildman–Crippen LogP) is 0.308. The molecule has 7 nitrogen and oxygen atoms in total. The van der Waals surface area contributed by atoms with Gasteiger partial charge in [0.15, 0.2) is 0 Å². The molecule has 2 aromatic rings. The van der Waals surface area contributed by atoms with Crippen molar-refractivity contribution in [2.24, 2.45) is 0 Å². The van der Waals surface area contributed by atoms with Crippen molar-refractivity contribution in [2.75, 3.05) is 17.6 Å². The number of pyridine rings is 1. The molecule has 0 fully saturated rings. The van der Waals surface area contributed by atoms with Crippen LogP contribution in [0.1, 0.15) is 11.4 Å². The van der Waals surface area contributed by atoms with Crippen LogP contribution in [0.5, 0.6) is 0 Å². The number of rotatable bonds is 4. The number of nitrogens with one attached hydrogen (secondary N) is 2. The SMILES string of the molecule is N#Cc1cnc(NCCc2ncn[nH]2)c(N)c1. The number of hydrogen-bond donors (Lipinski definition) is 3. The van der Waals surface area contributed by atoms with Crippen LogP contribution in [-0.4, -0.2) is 26.7 Å². The number of aromatic nitrogens is 4. The monoisotopic (exact) mass is 229 g/mol. The molecule has 2 rings (SSSR count). The van der Waals surface area contributed by atoms with Gasteiger partial charge in [0, 0.05) is 19.2 Å². The van der Waals surface area contributed by atoms with Gasteiger partial charge in [-0.15, -0.1) is 0 Å². The molecule has 0 saturated carbocycles. The summed E-state index contributed by atoms with van der Waals surface area (Å²) in [6.45, 7) is 0.637. The number of nitrogen functional groups attached to an aromatic ring is 1. The molecule has 4 N–H and O–H groups in total. The number of H-pyrrole nitrogens is 1. The fourth-order valence-electron chi connectivity index (χ4n) is 1.34. The molecule has 0 bridgehead atoms. The Hall–Kier alpha value is -2.62. The number of nitrogens with two attached hydrogens (primary N) is 1. The van der Waals surface area contributed by atoms with E-state index in [2.05, 4.69) is 25.5 Å². The van der Waals surface area contributed by atoms with E-state index in [9.17, 15) is 0 Å². The van der Waals surface area contributed by atoms with Crippen molar-refractivity contribution in [1.82, 2.24) is 20.2 Å². The van der Waals surface area contributed by atoms with Crippen molar-refractivity contribution < 1.29 is 0 Å². The van der Waals surface area contributed by atoms with Crippen molar-refractivity contribution >= 4 is 11.5 Å². The van der Waals surface area contributed by atoms with Gasteiger partial charge in [0.2, 0.25) is 0 Å². The summed E-state index contributed by atoms with van der Waals surface area (Å²) in [5, 5.41) is 18.2. The summed E-state index contributed by atoms with van der Waals surface area (Å²) in [5.74, 6) is 1.37. The number of anilines is 2. The third kappa shape index (κ3) is 2.69. The van der Waals surface area contributed by atoms with Gasteiger partial charge < -0.3 is 11.1 Å². The van der Waals surface area contributed by atoms with Gasteiger partial charge in [0.25, 0.3) is 0 Å². The quantitative estimate of drug-likeness (QED) is 0.694. The molecular weight excluding hydrogens is 218 g/mol. The Bertz CT molecular complexity index is 526. The van der Waals surface area contributed by atoms with E-state index in [1.54, 1.807) is 6.07 Å². The smallest absolute Gasteiger partial charge is 0.149 e. The molecule has 7 heteroatoms. The first kappa shape index (κ1) is 10.9. The Labute approximate surface area is 97.7 Å². The van der Waals surface area contributed by atoms with E-state index in [4.69, 9.17) is 11.0 Å². The molecule has 0 spiro atoms. The summed E-state index contributed by atoms with van der Waals surface area (Å²) >= 11 is 0. The second kappa shape index (κ2) is 4.94. The zero-order chi connectivity index (χ0) is 12.1. The van der Waals surface area contributed by atoms with Gasteiger partial charge in [0.1, 0.15) is 24.0 Å². The summed E-state index contributed by atoms with van der Waals surface area (Å²) in [4.78, 5) is 8.06. The fourth-order valence-corrected chi connectivity index (χ4v) is 1.34. The van der Waals surface area contributed by atoms with E-state index in [-0.39, 0.29) is 0 Å². The Balaban J connectivity index is 1.93. The number of aromatic amines is 1. The summed E-state index contributed by atoms with van der Waals surface area (Å²) in [6.07, 6.45) is 3.64. The third-order valence-corrected chi connectivity index (χ3v) is 2.17. The van der Waals surface area contributed by atoms with Crippen LogP contribution < -0.4 is 11.1 Å². The zero-order valence-corrected chi connectivity index (χ0v) is 9.01. The molecule has 0 aliphatic heterocycles. The van der Waals surface area contributed by atoms with E-state index >= 15 is 0 Å². The maximum absolute atomic E-state index is 8.67. The summed E-state index contributed by atoms with van der Waals surface area (Å²) in [5.41, 5.74) is 6.65. The minimum absolute atomic E-state index is 0.447. The first-order valence-electron chi connectivity index (χ1n) is 5.03. The molecule has 86 valence electrons. The van der Waals surface area contributed by atoms with Crippen LogP contribution in [0.4, 0.5) is 11.5 Å². The highest BCUT2D eigenvalue weighted by Gasteiger charge is 2.02. The van der Waals surface area contributed by atoms with Gasteiger partial charge in [-0.2, -0.15) is 10.4 Å². The van der Waals surface area contributed by atoms with E-state index in [0.717, 1.165) is 5.82 Å². The average Bonchev–Trinajstić information content (AvgIpc) is 2.84. The molecule has 0 aromatic carbocycles. The van der Waals surface area contributed by atoms with E-state index in [1.807, 2.05) is 6.07 Å². The molecule has 2 heterocycles. The maximum atomic E-state index is 8.67. The van der Waals surface area contributed by atoms with Gasteiger partial charge in [-0.25, -0.2) is 9.97 Å². The van der Waals surface area contributed by atoms with Crippen LogP contribution in [0, 0.1) is 11.3 Å². The van der Waals surface area contributed by atoms with Crippen molar-refractivity contribution in [3.63, 3.8) is 0 Å². The first-order chi connectivity index (χ1) is 8.29. The van der Waals surface area contributed by atoms with Crippen LogP contribution in [-0.2, 0) is 6.42 Å². The highest BCUT2D eigenvalue weighted by Crippen LogP contribution is 2.15. The maximum Gasteiger partial charge on any atom is 0.149 e. The molecule has 0 atom stereocenters. The second-order valence-electron chi connectivity index (χ2n) is 3.38. The highest BCUT2D eigenvalue weighted by molar-refractivity contribution is 5.62. The van der Waals surface area contributed by atoms with Crippen molar-refractivity contribution in [3.05, 3.63) is 30.0 Å². The van der Waals surface area contributed by atoms with Crippen LogP contribution in [0.3, 0.4) is 0 Å². The third-order valence-electron chi connectivity index (χ3n) is 2.17. The van der Waals surface area contributed by atoms with Gasteiger partial charge in [-0.3, -0.25) is 5.10 Å². The van der Waals surface area contributed by atoms with Crippen LogP contribution in [0.2, 0.25) is 0 Å². The van der Waals surface area contributed by atoms with Crippen LogP contribution in [0.15, 0.2) is 18.6 Å². The molecule has 0 unspecified atom stereocenters. The zero-order valence-electron chi connectivity index (χ0n) is 9.01. The highest BCUT2D eigenvalue weighted by atomic mass is 15.2. The number of nitrogens with zero attached hydrogens (tertiary/aromatic N) is 4. The van der Waals surface area contributed by atoms with Gasteiger partial charge >= 0.3 is 0 Å². The van der Waals surface area contributed by atoms with Gasteiger partial charge in [-0.05, 0) is 6.07 Å². The van der Waals surface area contributed by atoms with Gasteiger partial charge in [0.05, 0.1) is 11.3 Å². The first-order valence-corrected chi connectivity index (χ1v) is 5.03. The van der Waals surface area contributed by atoms with E-state index in [0.29, 0.717) is 30.0 Å². The molecule has 17 heavy (non-hydrogen) atoms. The van der Waals surface area contributed by atoms with E-state index in [1.165, 1.54) is 12.5 Å². The Morgan fingerprint density at radius 1 is 1.47 bits per heavy atom. The Kier molecular flexibility index (Phi) is 3.16. The van der Waals surface area contributed by atoms with Crippen molar-refractivity contribution in [1.29, 1.82) is 5.26 Å². The molecule has 2 aromatic heterocycles. The average molecular weight is 229 g/mol. The topological polar surface area (TPSA) is 116 Å². The summed E-state index contributed by atoms with van der Waals surface area (Å²) in [6, 6.07) is 3.57. The number of hydrogen-bond acceptors (Lipinski definition) is 6. The van der Waals surface area contributed by atoms with Crippen LogP contribution >= 0.6 is 0 Å². The van der Waals surface area contributed by atoms with E-state index < -0.39 is 0 Å². The molecule has 0 aliphatic carbocycles. The lowest BCUT2D eigenvalue weighted by Crippen LogP contribution is -2.09. The van der Waals surface area contributed by atoms with Crippen molar-refractivity contribution in [2.45, 2.75) is 6.42 Å². The molecule has 0 aliphatic rings. The number of nitriles is 1. The van der Waals surface area contributed by atoms with Crippen molar-refractivity contribution in [3.8, 4) is 6.07 Å². The summed E-state index contributed by atoms with van der Waals surface area (Å²) < 4.78 is 0. The minimum atomic E-state index is 0.447. The van der Waals surface area contributed by atoms with Gasteiger partial charge in [-0.1, -0.05) is 0 Å². The predicted molar refractivity (Wildman–Crippen MR) is 61.9 cm³/mol. The molecular formula is C10H11N7. The normalized spacial score (nSPS) is 9.82. The molecule has 0 saturated heterocycles. The minimum Gasteiger partial charge on any atom is -0.396 e. The van der Waals surface area contributed by atoms with Crippen LogP contribution in [0.25, 0.3) is 0 Å². The molecule has 0 radical (unpaired) electrons.